The van der Waals surface area contributed by atoms with E-state index in [9.17, 15) is 14.4 Å². The van der Waals surface area contributed by atoms with E-state index in [1.54, 1.807) is 0 Å². The van der Waals surface area contributed by atoms with E-state index in [1.807, 2.05) is 31.2 Å². The van der Waals surface area contributed by atoms with Crippen molar-refractivity contribution in [1.29, 1.82) is 0 Å². The summed E-state index contributed by atoms with van der Waals surface area (Å²) < 4.78 is 10.8. The summed E-state index contributed by atoms with van der Waals surface area (Å²) in [6.45, 7) is 2.84. The Morgan fingerprint density at radius 1 is 1.09 bits per heavy atom. The minimum atomic E-state index is -1.000. The lowest BCUT2D eigenvalue weighted by molar-refractivity contribution is -0.149. The molecule has 1 aliphatic carbocycles. The Kier molecular flexibility index (Phi) is 8.02. The molecule has 0 spiro atoms. The molecule has 1 aliphatic heterocycles. The second kappa shape index (κ2) is 11.4. The topological polar surface area (TPSA) is 114 Å². The van der Waals surface area contributed by atoms with Crippen LogP contribution in [0.2, 0.25) is 0 Å². The predicted octanol–water partition coefficient (Wildman–Crippen LogP) is 3.69. The van der Waals surface area contributed by atoms with E-state index in [1.165, 1.54) is 11.1 Å². The minimum Gasteiger partial charge on any atom is -0.479 e. The van der Waals surface area contributed by atoms with Crippen molar-refractivity contribution >= 4 is 18.0 Å². The molecule has 2 aromatic rings. The van der Waals surface area contributed by atoms with Crippen LogP contribution in [0.1, 0.15) is 49.7 Å². The first-order valence-corrected chi connectivity index (χ1v) is 12.2. The summed E-state index contributed by atoms with van der Waals surface area (Å²) in [5.41, 5.74) is 4.66. The van der Waals surface area contributed by atoms with Gasteiger partial charge < -0.3 is 25.2 Å². The molecule has 0 bridgehead atoms. The lowest BCUT2D eigenvalue weighted by atomic mass is 9.98. The Hall–Kier alpha value is -3.39. The summed E-state index contributed by atoms with van der Waals surface area (Å²) >= 11 is 0. The fourth-order valence-electron chi connectivity index (χ4n) is 4.94. The molecule has 0 saturated carbocycles. The van der Waals surface area contributed by atoms with Gasteiger partial charge in [-0.2, -0.15) is 0 Å². The van der Waals surface area contributed by atoms with Crippen LogP contribution in [0.25, 0.3) is 11.1 Å². The minimum absolute atomic E-state index is 0.00630. The third kappa shape index (κ3) is 5.82. The second-order valence-electron chi connectivity index (χ2n) is 9.10. The van der Waals surface area contributed by atoms with Gasteiger partial charge in [-0.05, 0) is 41.5 Å². The summed E-state index contributed by atoms with van der Waals surface area (Å²) in [6, 6.07) is 16.2. The van der Waals surface area contributed by atoms with Gasteiger partial charge in [0.15, 0.2) is 6.10 Å². The van der Waals surface area contributed by atoms with Crippen LogP contribution in [0.5, 0.6) is 0 Å². The van der Waals surface area contributed by atoms with Gasteiger partial charge in [-0.1, -0.05) is 55.5 Å². The SMILES string of the molecule is CCC(CCC(=O)NC[C@@H]1CCO[C@@H]1C(=O)O)NC(=O)OCC1c2ccccc2-c2ccccc21. The van der Waals surface area contributed by atoms with E-state index in [0.717, 1.165) is 11.1 Å². The van der Waals surface area contributed by atoms with Crippen molar-refractivity contribution in [2.45, 2.75) is 50.7 Å². The number of carbonyl (C=O) groups is 3. The van der Waals surface area contributed by atoms with Crippen molar-refractivity contribution in [2.24, 2.45) is 5.92 Å². The third-order valence-corrected chi connectivity index (χ3v) is 6.90. The molecular weight excluding hydrogens is 448 g/mol. The summed E-state index contributed by atoms with van der Waals surface area (Å²) in [5.74, 6) is -1.40. The Balaban J connectivity index is 1.23. The number of rotatable bonds is 10. The number of carboxylic acids is 1. The van der Waals surface area contributed by atoms with Crippen LogP contribution in [0, 0.1) is 5.92 Å². The first kappa shape index (κ1) is 24.7. The Morgan fingerprint density at radius 2 is 1.74 bits per heavy atom. The molecule has 8 heteroatoms. The molecule has 1 heterocycles. The van der Waals surface area contributed by atoms with Crippen LogP contribution in [0.4, 0.5) is 4.79 Å². The normalized spacial score (nSPS) is 19.5. The van der Waals surface area contributed by atoms with Crippen molar-refractivity contribution in [3.8, 4) is 11.1 Å². The van der Waals surface area contributed by atoms with Gasteiger partial charge in [0.05, 0.1) is 0 Å². The van der Waals surface area contributed by atoms with E-state index in [2.05, 4.69) is 34.9 Å². The number of alkyl carbamates (subject to hydrolysis) is 1. The molecule has 3 N–H and O–H groups in total. The quantitative estimate of drug-likeness (QED) is 0.478. The van der Waals surface area contributed by atoms with E-state index in [-0.39, 0.29) is 43.4 Å². The zero-order chi connectivity index (χ0) is 24.8. The second-order valence-corrected chi connectivity index (χ2v) is 9.10. The first-order valence-electron chi connectivity index (χ1n) is 12.2. The number of amides is 2. The van der Waals surface area contributed by atoms with Gasteiger partial charge in [0.25, 0.3) is 0 Å². The smallest absolute Gasteiger partial charge is 0.407 e. The van der Waals surface area contributed by atoms with Crippen LogP contribution in [-0.2, 0) is 19.1 Å². The average molecular weight is 481 g/mol. The monoisotopic (exact) mass is 480 g/mol. The summed E-state index contributed by atoms with van der Waals surface area (Å²) in [6.07, 6.45) is 0.608. The van der Waals surface area contributed by atoms with E-state index in [4.69, 9.17) is 14.6 Å². The molecule has 2 aromatic carbocycles. The zero-order valence-corrected chi connectivity index (χ0v) is 19.9. The molecule has 3 atom stereocenters. The van der Waals surface area contributed by atoms with E-state index < -0.39 is 18.2 Å². The van der Waals surface area contributed by atoms with Crippen molar-refractivity contribution in [3.63, 3.8) is 0 Å². The van der Waals surface area contributed by atoms with Gasteiger partial charge in [-0.15, -0.1) is 0 Å². The Morgan fingerprint density at radius 3 is 2.37 bits per heavy atom. The van der Waals surface area contributed by atoms with Crippen molar-refractivity contribution in [1.82, 2.24) is 10.6 Å². The van der Waals surface area contributed by atoms with Crippen molar-refractivity contribution in [3.05, 3.63) is 59.7 Å². The van der Waals surface area contributed by atoms with Gasteiger partial charge >= 0.3 is 12.1 Å². The van der Waals surface area contributed by atoms with Gasteiger partial charge in [0.2, 0.25) is 5.91 Å². The highest BCUT2D eigenvalue weighted by molar-refractivity contribution is 5.79. The zero-order valence-electron chi connectivity index (χ0n) is 19.9. The van der Waals surface area contributed by atoms with Gasteiger partial charge in [-0.25, -0.2) is 9.59 Å². The highest BCUT2D eigenvalue weighted by atomic mass is 16.5. The largest absolute Gasteiger partial charge is 0.479 e. The maximum absolute atomic E-state index is 12.5. The number of hydrogen-bond acceptors (Lipinski definition) is 5. The third-order valence-electron chi connectivity index (χ3n) is 6.90. The lowest BCUT2D eigenvalue weighted by Gasteiger charge is -2.19. The van der Waals surface area contributed by atoms with Gasteiger partial charge in [0, 0.05) is 37.5 Å². The van der Waals surface area contributed by atoms with E-state index >= 15 is 0 Å². The number of carbonyl (C=O) groups excluding carboxylic acids is 2. The van der Waals surface area contributed by atoms with Crippen LogP contribution in [-0.4, -0.2) is 55.0 Å². The van der Waals surface area contributed by atoms with Crippen molar-refractivity contribution in [2.75, 3.05) is 19.8 Å². The molecule has 1 saturated heterocycles. The highest BCUT2D eigenvalue weighted by Crippen LogP contribution is 2.44. The van der Waals surface area contributed by atoms with Gasteiger partial charge in [-0.3, -0.25) is 4.79 Å². The molecule has 35 heavy (non-hydrogen) atoms. The fourth-order valence-corrected chi connectivity index (χ4v) is 4.94. The van der Waals surface area contributed by atoms with Gasteiger partial charge in [0.1, 0.15) is 6.61 Å². The summed E-state index contributed by atoms with van der Waals surface area (Å²) in [4.78, 5) is 36.0. The molecule has 1 unspecified atom stereocenters. The molecule has 8 nitrogen and oxygen atoms in total. The number of nitrogens with one attached hydrogen (secondary N) is 2. The molecule has 0 radical (unpaired) electrons. The van der Waals surface area contributed by atoms with Crippen LogP contribution in [0.15, 0.2) is 48.5 Å². The maximum atomic E-state index is 12.5. The van der Waals surface area contributed by atoms with Crippen LogP contribution < -0.4 is 10.6 Å². The van der Waals surface area contributed by atoms with E-state index in [0.29, 0.717) is 25.9 Å². The number of hydrogen-bond donors (Lipinski definition) is 3. The standard InChI is InChI=1S/C27H32N2O6/c1-2-18(11-12-24(30)28-15-17-13-14-34-25(17)26(31)32)29-27(33)35-16-23-21-9-5-3-7-19(21)20-8-4-6-10-22(20)23/h3-10,17-18,23,25H,2,11-16H2,1H3,(H,28,30)(H,29,33)(H,31,32)/t17-,18?,25-/m0/s1. The molecule has 4 rings (SSSR count). The number of fused-ring (bicyclic) bond motifs is 3. The highest BCUT2D eigenvalue weighted by Gasteiger charge is 2.34. The van der Waals surface area contributed by atoms with Crippen molar-refractivity contribution < 1.29 is 29.0 Å². The number of benzene rings is 2. The summed E-state index contributed by atoms with van der Waals surface area (Å²) in [5, 5.41) is 14.8. The average Bonchev–Trinajstić information content (AvgIpc) is 3.47. The van der Waals surface area contributed by atoms with Crippen LogP contribution >= 0.6 is 0 Å². The molecule has 186 valence electrons. The molecule has 1 fully saturated rings. The molecule has 0 aromatic heterocycles. The fraction of sp³-hybridized carbons (Fsp3) is 0.444. The predicted molar refractivity (Wildman–Crippen MR) is 130 cm³/mol. The lowest BCUT2D eigenvalue weighted by Crippen LogP contribution is -2.38. The van der Waals surface area contributed by atoms with Crippen LogP contribution in [0.3, 0.4) is 0 Å². The number of aliphatic carboxylic acids is 1. The molecular formula is C27H32N2O6. The molecule has 2 amide bonds. The molecule has 2 aliphatic rings. The maximum Gasteiger partial charge on any atom is 0.407 e. The Labute approximate surface area is 205 Å². The Bertz CT molecular complexity index is 1030. The first-order chi connectivity index (χ1) is 17.0. The number of ether oxygens (including phenoxy) is 2. The summed E-state index contributed by atoms with van der Waals surface area (Å²) in [7, 11) is 0. The number of carboxylic acid groups (broad SMARTS) is 1.